The number of aromatic nitrogens is 8. The minimum Gasteiger partial charge on any atom is -0.478 e. The second-order valence-corrected chi connectivity index (χ2v) is 13.7. The van der Waals surface area contributed by atoms with Gasteiger partial charge < -0.3 is 70.8 Å². The van der Waals surface area contributed by atoms with Gasteiger partial charge in [-0.2, -0.15) is 0 Å². The van der Waals surface area contributed by atoms with Crippen LogP contribution < -0.4 is 9.97 Å². The Bertz CT molecular complexity index is 3210. The first kappa shape index (κ1) is 42.2. The molecule has 2 aliphatic heterocycles. The van der Waals surface area contributed by atoms with E-state index in [1.54, 1.807) is 0 Å². The third kappa shape index (κ3) is 6.64. The van der Waals surface area contributed by atoms with Crippen molar-refractivity contribution in [2.24, 2.45) is 0 Å². The van der Waals surface area contributed by atoms with Crippen LogP contribution in [0.5, 0.6) is 0 Å². The monoisotopic (exact) mass is 920 g/mol. The number of hydrogen-bond donors (Lipinski definition) is 8. The van der Waals surface area contributed by atoms with Gasteiger partial charge in [0.15, 0.2) is 0 Å². The van der Waals surface area contributed by atoms with Gasteiger partial charge in [0.1, 0.15) is 0 Å². The number of carboxylic acid groups (broad SMARTS) is 8. The first-order chi connectivity index (χ1) is 30.3. The van der Waals surface area contributed by atoms with Gasteiger partial charge >= 0.3 is 64.8 Å². The van der Waals surface area contributed by atoms with Gasteiger partial charge in [-0.3, -0.25) is 0 Å². The van der Waals surface area contributed by atoms with E-state index in [0.717, 1.165) is 48.5 Å². The van der Waals surface area contributed by atoms with Crippen LogP contribution in [0.3, 0.4) is 0 Å². The summed E-state index contributed by atoms with van der Waals surface area (Å²) in [7, 11) is 0. The predicted octanol–water partition coefficient (Wildman–Crippen LogP) is 3.71. The molecule has 0 amide bonds. The van der Waals surface area contributed by atoms with Crippen molar-refractivity contribution in [3.8, 4) is 45.6 Å². The van der Waals surface area contributed by atoms with E-state index in [0.29, 0.717) is 0 Å². The molecule has 8 N–H and O–H groups in total. The average molecular weight is 920 g/mol. The molecule has 0 aliphatic carbocycles. The molecular formula is C40H16FeN8O16. The summed E-state index contributed by atoms with van der Waals surface area (Å²) in [4.78, 5) is 134. The maximum Gasteiger partial charge on any atom is 2.00 e. The summed E-state index contributed by atoms with van der Waals surface area (Å²) in [6.07, 6.45) is 0. The van der Waals surface area contributed by atoms with Crippen LogP contribution in [0.1, 0.15) is 82.9 Å². The van der Waals surface area contributed by atoms with Gasteiger partial charge in [-0.25, -0.2) is 48.3 Å². The molecule has 4 aromatic carbocycles. The Labute approximate surface area is 365 Å². The first-order valence-electron chi connectivity index (χ1n) is 17.6. The van der Waals surface area contributed by atoms with Crippen LogP contribution in [0.2, 0.25) is 0 Å². The van der Waals surface area contributed by atoms with E-state index in [2.05, 4.69) is 39.9 Å². The van der Waals surface area contributed by atoms with E-state index >= 15 is 0 Å². The number of rotatable bonds is 8. The zero-order chi connectivity index (χ0) is 45.8. The van der Waals surface area contributed by atoms with Crippen LogP contribution in [0.25, 0.3) is 89.7 Å². The van der Waals surface area contributed by atoms with E-state index in [9.17, 15) is 79.2 Å². The Morgan fingerprint density at radius 3 is 0.631 bits per heavy atom. The number of hydrogen-bond acceptors (Lipinski definition) is 14. The second kappa shape index (κ2) is 14.9. The summed E-state index contributed by atoms with van der Waals surface area (Å²) < 4.78 is 0. The number of benzene rings is 4. The zero-order valence-corrected chi connectivity index (χ0v) is 32.5. The zero-order valence-electron chi connectivity index (χ0n) is 31.4. The molecule has 0 spiro atoms. The molecule has 0 radical (unpaired) electrons. The Hall–Kier alpha value is -9.48. The molecule has 7 aromatic rings. The Morgan fingerprint density at radius 2 is 0.462 bits per heavy atom. The number of aromatic carboxylic acids is 8. The summed E-state index contributed by atoms with van der Waals surface area (Å²) in [6, 6.07) is 7.28. The fourth-order valence-electron chi connectivity index (χ4n) is 7.26. The van der Waals surface area contributed by atoms with Crippen molar-refractivity contribution in [3.63, 3.8) is 0 Å². The van der Waals surface area contributed by atoms with Gasteiger partial charge in [-0.05, 0) is 70.1 Å². The maximum atomic E-state index is 12.3. The molecule has 5 heterocycles. The molecule has 0 saturated carbocycles. The molecule has 8 bridgehead atoms. The van der Waals surface area contributed by atoms with Crippen molar-refractivity contribution in [2.75, 3.05) is 0 Å². The largest absolute Gasteiger partial charge is 2.00 e. The van der Waals surface area contributed by atoms with E-state index < -0.39 is 138 Å². The van der Waals surface area contributed by atoms with Crippen molar-refractivity contribution < 1.29 is 96.3 Å². The molecule has 9 rings (SSSR count). The van der Waals surface area contributed by atoms with Crippen molar-refractivity contribution in [3.05, 3.63) is 93.0 Å². The van der Waals surface area contributed by atoms with Crippen molar-refractivity contribution in [2.45, 2.75) is 0 Å². The number of carboxylic acids is 8. The molecule has 65 heavy (non-hydrogen) atoms. The first-order valence-corrected chi connectivity index (χ1v) is 17.6. The van der Waals surface area contributed by atoms with Gasteiger partial charge in [-0.1, -0.05) is 0 Å². The third-order valence-corrected chi connectivity index (χ3v) is 10.1. The van der Waals surface area contributed by atoms with Crippen LogP contribution in [0.4, 0.5) is 0 Å². The van der Waals surface area contributed by atoms with Crippen molar-refractivity contribution in [1.82, 2.24) is 39.9 Å². The van der Waals surface area contributed by atoms with Crippen LogP contribution in [-0.4, -0.2) is 119 Å². The summed E-state index contributed by atoms with van der Waals surface area (Å²) in [5, 5.41) is 79.3. The molecule has 0 saturated heterocycles. The van der Waals surface area contributed by atoms with Gasteiger partial charge in [0.25, 0.3) is 0 Å². The summed E-state index contributed by atoms with van der Waals surface area (Å²) in [6.45, 7) is 0. The van der Waals surface area contributed by atoms with E-state index in [1.165, 1.54) is 0 Å². The Balaban J connectivity index is 0.00000576. The van der Waals surface area contributed by atoms with Crippen LogP contribution in [0, 0.1) is 0 Å². The molecule has 25 heteroatoms. The molecule has 3 aromatic heterocycles. The summed E-state index contributed by atoms with van der Waals surface area (Å²) >= 11 is 0. The average Bonchev–Trinajstić information content (AvgIpc) is 3.96. The fourth-order valence-corrected chi connectivity index (χ4v) is 7.26. The van der Waals surface area contributed by atoms with Gasteiger partial charge in [0.2, 0.25) is 0 Å². The summed E-state index contributed by atoms with van der Waals surface area (Å²) in [5.74, 6) is -15.2. The van der Waals surface area contributed by atoms with E-state index in [1.807, 2.05) is 0 Å². The predicted molar refractivity (Wildman–Crippen MR) is 210 cm³/mol. The van der Waals surface area contributed by atoms with Crippen LogP contribution >= 0.6 is 0 Å². The van der Waals surface area contributed by atoms with Gasteiger partial charge in [0.05, 0.1) is 67.8 Å². The summed E-state index contributed by atoms with van der Waals surface area (Å²) in [5.41, 5.74) is -8.29. The van der Waals surface area contributed by atoms with E-state index in [4.69, 9.17) is 0 Å². The molecule has 320 valence electrons. The normalized spacial score (nSPS) is 11.3. The van der Waals surface area contributed by atoms with Gasteiger partial charge in [0, 0.05) is 44.8 Å². The minimum absolute atomic E-state index is 0. The smallest absolute Gasteiger partial charge is 0.478 e. The minimum atomic E-state index is -1.69. The topological polar surface area (TPSA) is 404 Å². The van der Waals surface area contributed by atoms with E-state index in [-0.39, 0.29) is 60.9 Å². The number of carbonyl (C=O) groups is 8. The molecular weight excluding hydrogens is 904 g/mol. The Kier molecular flexibility index (Phi) is 9.65. The molecule has 0 unspecified atom stereocenters. The SMILES string of the molecule is O=C(O)c1cc2c(cc1C(=O)O)-c1nc-2nc2[n-]c(nc3nc(nc4[n-]c(n1)c1cc(C(=O)O)c(C(=O)O)cc41)-c1cc(C(=O)O)c(C(=O)O)cc1-3)c1cc(C(=O)O)c(C(=O)O)cc21.[Fe+2]. The molecule has 24 nitrogen and oxygen atoms in total. The van der Waals surface area contributed by atoms with Crippen molar-refractivity contribution >= 4 is 91.9 Å². The number of fused-ring (bicyclic) bond motifs is 20. The van der Waals surface area contributed by atoms with Crippen LogP contribution in [-0.2, 0) is 17.1 Å². The molecule has 0 fully saturated rings. The molecule has 2 aliphatic rings. The van der Waals surface area contributed by atoms with Crippen LogP contribution in [0.15, 0.2) is 48.5 Å². The third-order valence-electron chi connectivity index (χ3n) is 10.1. The fraction of sp³-hybridized carbons (Fsp3) is 0. The standard InChI is InChI=1S/C40H18N8O16.Fe/c49-33(50)17-1-9-10(2-18(17)34(51)52)26-41-25(9)45-27-11-3-19(35(53)54)20(36(55)56)4-12(11)29(42-27)47-31-15-7-23(39(61)62)24(40(63)64)8-16(15)32(44-31)48-30-14-6-22(38(59)60)21(37(57)58)5-13(14)28(43-30)46-26;/h1-8H,(H10,41,42,43,44,45,46,47,48,49,50,51,52,53,54,55,56,57,58,59,60,61,62,63,64);/q;+2/p-2. The molecule has 0 atom stereocenters. The number of nitrogens with zero attached hydrogens (tertiary/aromatic N) is 8. The Morgan fingerprint density at radius 1 is 0.292 bits per heavy atom. The van der Waals surface area contributed by atoms with Crippen molar-refractivity contribution in [1.29, 1.82) is 0 Å². The van der Waals surface area contributed by atoms with Gasteiger partial charge in [-0.15, -0.1) is 0 Å². The second-order valence-electron chi connectivity index (χ2n) is 13.7. The maximum absolute atomic E-state index is 12.3. The quantitative estimate of drug-likeness (QED) is 0.101.